The third-order valence-electron chi connectivity index (χ3n) is 2.63. The van der Waals surface area contributed by atoms with Crippen LogP contribution in [0.4, 0.5) is 0 Å². The van der Waals surface area contributed by atoms with Crippen LogP contribution in [0.15, 0.2) is 28.7 Å². The molecule has 2 aromatic rings. The summed E-state index contributed by atoms with van der Waals surface area (Å²) in [7, 11) is 0. The summed E-state index contributed by atoms with van der Waals surface area (Å²) in [5.74, 6) is 2.36. The number of benzene rings is 1. The molecule has 4 heteroatoms. The Morgan fingerprint density at radius 1 is 1.28 bits per heavy atom. The van der Waals surface area contributed by atoms with Crippen molar-refractivity contribution in [1.29, 1.82) is 0 Å². The fraction of sp³-hybridized carbons (Fsp3) is 0.357. The SMILES string of the molecule is CCOc1ccc(-c2oc(CCN)nc2C)cc1. The van der Waals surface area contributed by atoms with Gasteiger partial charge in [-0.05, 0) is 38.1 Å². The van der Waals surface area contributed by atoms with Gasteiger partial charge in [0.2, 0.25) is 0 Å². The van der Waals surface area contributed by atoms with Crippen molar-refractivity contribution in [3.05, 3.63) is 35.9 Å². The van der Waals surface area contributed by atoms with E-state index in [1.807, 2.05) is 38.1 Å². The van der Waals surface area contributed by atoms with E-state index in [2.05, 4.69) is 4.98 Å². The zero-order valence-corrected chi connectivity index (χ0v) is 10.8. The molecule has 2 N–H and O–H groups in total. The second-order valence-corrected chi connectivity index (χ2v) is 4.02. The van der Waals surface area contributed by atoms with Gasteiger partial charge in [-0.15, -0.1) is 0 Å². The van der Waals surface area contributed by atoms with E-state index in [0.717, 1.165) is 22.8 Å². The molecule has 0 spiro atoms. The highest BCUT2D eigenvalue weighted by Gasteiger charge is 2.11. The van der Waals surface area contributed by atoms with Crippen LogP contribution in [0.2, 0.25) is 0 Å². The number of ether oxygens (including phenoxy) is 1. The first-order chi connectivity index (χ1) is 8.74. The summed E-state index contributed by atoms with van der Waals surface area (Å²) in [4.78, 5) is 4.36. The largest absolute Gasteiger partial charge is 0.494 e. The Hall–Kier alpha value is -1.81. The van der Waals surface area contributed by atoms with Gasteiger partial charge in [-0.2, -0.15) is 0 Å². The smallest absolute Gasteiger partial charge is 0.196 e. The van der Waals surface area contributed by atoms with Gasteiger partial charge in [0, 0.05) is 18.5 Å². The molecule has 0 aliphatic heterocycles. The topological polar surface area (TPSA) is 61.3 Å². The van der Waals surface area contributed by atoms with Gasteiger partial charge in [-0.25, -0.2) is 4.98 Å². The molecule has 1 aromatic heterocycles. The number of hydrogen-bond acceptors (Lipinski definition) is 4. The Morgan fingerprint density at radius 3 is 2.61 bits per heavy atom. The number of aryl methyl sites for hydroxylation is 1. The maximum Gasteiger partial charge on any atom is 0.196 e. The van der Waals surface area contributed by atoms with Crippen molar-refractivity contribution in [3.63, 3.8) is 0 Å². The Bertz CT molecular complexity index is 503. The fourth-order valence-corrected chi connectivity index (χ4v) is 1.82. The van der Waals surface area contributed by atoms with Crippen LogP contribution in [-0.2, 0) is 6.42 Å². The van der Waals surface area contributed by atoms with Gasteiger partial charge in [0.1, 0.15) is 5.75 Å². The second kappa shape index (κ2) is 5.69. The first-order valence-electron chi connectivity index (χ1n) is 6.14. The first kappa shape index (κ1) is 12.6. The van der Waals surface area contributed by atoms with Crippen molar-refractivity contribution >= 4 is 0 Å². The number of hydrogen-bond donors (Lipinski definition) is 1. The first-order valence-corrected chi connectivity index (χ1v) is 6.14. The van der Waals surface area contributed by atoms with E-state index in [-0.39, 0.29) is 0 Å². The molecule has 96 valence electrons. The molecular formula is C14H18N2O2. The monoisotopic (exact) mass is 246 g/mol. The highest BCUT2D eigenvalue weighted by atomic mass is 16.5. The second-order valence-electron chi connectivity index (χ2n) is 4.02. The number of oxazole rings is 1. The molecule has 4 nitrogen and oxygen atoms in total. The molecule has 0 bridgehead atoms. The highest BCUT2D eigenvalue weighted by molar-refractivity contribution is 5.60. The molecule has 2 rings (SSSR count). The molecule has 0 radical (unpaired) electrons. The Balaban J connectivity index is 2.24. The van der Waals surface area contributed by atoms with E-state index in [4.69, 9.17) is 14.9 Å². The van der Waals surface area contributed by atoms with Crippen LogP contribution in [0.1, 0.15) is 18.5 Å². The average molecular weight is 246 g/mol. The van der Waals surface area contributed by atoms with Crippen LogP contribution in [0.25, 0.3) is 11.3 Å². The molecule has 0 amide bonds. The minimum atomic E-state index is 0.544. The third kappa shape index (κ3) is 2.71. The van der Waals surface area contributed by atoms with E-state index in [0.29, 0.717) is 25.5 Å². The predicted molar refractivity (Wildman–Crippen MR) is 70.6 cm³/mol. The van der Waals surface area contributed by atoms with Crippen LogP contribution in [-0.4, -0.2) is 18.1 Å². The van der Waals surface area contributed by atoms with Crippen LogP contribution >= 0.6 is 0 Å². The summed E-state index contributed by atoms with van der Waals surface area (Å²) in [6, 6.07) is 7.82. The summed E-state index contributed by atoms with van der Waals surface area (Å²) in [5.41, 5.74) is 7.39. The summed E-state index contributed by atoms with van der Waals surface area (Å²) >= 11 is 0. The number of rotatable bonds is 5. The van der Waals surface area contributed by atoms with Gasteiger partial charge < -0.3 is 14.9 Å². The lowest BCUT2D eigenvalue weighted by Gasteiger charge is -2.03. The normalized spacial score (nSPS) is 10.6. The molecule has 18 heavy (non-hydrogen) atoms. The Kier molecular flexibility index (Phi) is 3.99. The van der Waals surface area contributed by atoms with E-state index in [1.54, 1.807) is 0 Å². The van der Waals surface area contributed by atoms with Crippen molar-refractivity contribution in [3.8, 4) is 17.1 Å². The third-order valence-corrected chi connectivity index (χ3v) is 2.63. The van der Waals surface area contributed by atoms with Crippen molar-refractivity contribution in [2.45, 2.75) is 20.3 Å². The van der Waals surface area contributed by atoms with Crippen LogP contribution in [0.3, 0.4) is 0 Å². The highest BCUT2D eigenvalue weighted by Crippen LogP contribution is 2.26. The predicted octanol–water partition coefficient (Wildman–Crippen LogP) is 2.55. The number of nitrogens with two attached hydrogens (primary N) is 1. The zero-order valence-electron chi connectivity index (χ0n) is 10.8. The van der Waals surface area contributed by atoms with Crippen LogP contribution < -0.4 is 10.5 Å². The standard InChI is InChI=1S/C14H18N2O2/c1-3-17-12-6-4-11(5-7-12)14-10(2)16-13(18-14)8-9-15/h4-7H,3,8-9,15H2,1-2H3. The van der Waals surface area contributed by atoms with E-state index < -0.39 is 0 Å². The lowest BCUT2D eigenvalue weighted by Crippen LogP contribution is -2.02. The fourth-order valence-electron chi connectivity index (χ4n) is 1.82. The van der Waals surface area contributed by atoms with Gasteiger partial charge in [0.05, 0.1) is 12.3 Å². The molecule has 0 saturated carbocycles. The summed E-state index contributed by atoms with van der Waals surface area (Å²) in [6.45, 7) is 5.12. The van der Waals surface area contributed by atoms with Crippen LogP contribution in [0.5, 0.6) is 5.75 Å². The maximum atomic E-state index is 5.71. The van der Waals surface area contributed by atoms with Gasteiger partial charge in [-0.1, -0.05) is 0 Å². The molecule has 0 aliphatic carbocycles. The summed E-state index contributed by atoms with van der Waals surface area (Å²) < 4.78 is 11.1. The summed E-state index contributed by atoms with van der Waals surface area (Å²) in [5, 5.41) is 0. The molecule has 0 fully saturated rings. The molecule has 1 heterocycles. The molecular weight excluding hydrogens is 228 g/mol. The molecule has 0 saturated heterocycles. The van der Waals surface area contributed by atoms with Crippen molar-refractivity contribution in [2.24, 2.45) is 5.73 Å². The molecule has 1 aromatic carbocycles. The van der Waals surface area contributed by atoms with Crippen molar-refractivity contribution in [1.82, 2.24) is 4.98 Å². The molecule has 0 unspecified atom stereocenters. The lowest BCUT2D eigenvalue weighted by molar-refractivity contribution is 0.340. The maximum absolute atomic E-state index is 5.71. The lowest BCUT2D eigenvalue weighted by atomic mass is 10.1. The summed E-state index contributed by atoms with van der Waals surface area (Å²) in [6.07, 6.45) is 0.665. The van der Waals surface area contributed by atoms with E-state index in [1.165, 1.54) is 0 Å². The minimum Gasteiger partial charge on any atom is -0.494 e. The zero-order chi connectivity index (χ0) is 13.0. The van der Waals surface area contributed by atoms with Gasteiger partial charge in [0.25, 0.3) is 0 Å². The minimum absolute atomic E-state index is 0.544. The van der Waals surface area contributed by atoms with E-state index >= 15 is 0 Å². The number of nitrogens with zero attached hydrogens (tertiary/aromatic N) is 1. The van der Waals surface area contributed by atoms with Crippen molar-refractivity contribution in [2.75, 3.05) is 13.2 Å². The quantitative estimate of drug-likeness (QED) is 0.880. The van der Waals surface area contributed by atoms with Gasteiger partial charge in [-0.3, -0.25) is 0 Å². The van der Waals surface area contributed by atoms with Crippen molar-refractivity contribution < 1.29 is 9.15 Å². The molecule has 0 atom stereocenters. The number of aromatic nitrogens is 1. The molecule has 0 aliphatic rings. The Morgan fingerprint density at radius 2 is 2.00 bits per heavy atom. The van der Waals surface area contributed by atoms with Crippen LogP contribution in [0, 0.1) is 6.92 Å². The van der Waals surface area contributed by atoms with Gasteiger partial charge in [0.15, 0.2) is 11.7 Å². The Labute approximate surface area is 107 Å². The average Bonchev–Trinajstić information content (AvgIpc) is 2.72. The van der Waals surface area contributed by atoms with Gasteiger partial charge >= 0.3 is 0 Å². The van der Waals surface area contributed by atoms with E-state index in [9.17, 15) is 0 Å².